The number of nitrogens with zero attached hydrogens (tertiary/aromatic N) is 1. The van der Waals surface area contributed by atoms with Crippen LogP contribution in [0.5, 0.6) is 5.75 Å². The van der Waals surface area contributed by atoms with E-state index in [4.69, 9.17) is 10.5 Å². The van der Waals surface area contributed by atoms with Crippen molar-refractivity contribution >= 4 is 29.9 Å². The summed E-state index contributed by atoms with van der Waals surface area (Å²) in [6.07, 6.45) is 1.89. The van der Waals surface area contributed by atoms with E-state index in [1.165, 1.54) is 5.56 Å². The van der Waals surface area contributed by atoms with E-state index in [1.54, 1.807) is 7.11 Å². The lowest BCUT2D eigenvalue weighted by Crippen LogP contribution is -2.38. The van der Waals surface area contributed by atoms with Gasteiger partial charge in [0.25, 0.3) is 0 Å². The molecule has 0 aliphatic rings. The Hall–Kier alpha value is -0.980. The number of nitrogens with one attached hydrogen (secondary N) is 1. The van der Waals surface area contributed by atoms with Crippen molar-refractivity contribution in [3.05, 3.63) is 29.3 Å². The zero-order valence-electron chi connectivity index (χ0n) is 12.8. The van der Waals surface area contributed by atoms with E-state index in [1.807, 2.05) is 6.92 Å². The molecule has 3 N–H and O–H groups in total. The van der Waals surface area contributed by atoms with Gasteiger partial charge < -0.3 is 15.8 Å². The largest absolute Gasteiger partial charge is 0.496 e. The summed E-state index contributed by atoms with van der Waals surface area (Å²) in [6.45, 7) is 6.92. The zero-order chi connectivity index (χ0) is 14.3. The molecule has 4 nitrogen and oxygen atoms in total. The average molecular weight is 391 g/mol. The minimum atomic E-state index is 0. The van der Waals surface area contributed by atoms with Crippen molar-refractivity contribution in [3.63, 3.8) is 0 Å². The molecule has 1 aromatic rings. The number of hydrogen-bond donors (Lipinski definition) is 2. The van der Waals surface area contributed by atoms with Crippen molar-refractivity contribution in [2.75, 3.05) is 13.7 Å². The van der Waals surface area contributed by atoms with Gasteiger partial charge in [0.1, 0.15) is 5.75 Å². The Labute approximate surface area is 139 Å². The molecule has 0 spiro atoms. The Kier molecular flexibility index (Phi) is 9.37. The van der Waals surface area contributed by atoms with Crippen LogP contribution in [0.3, 0.4) is 0 Å². The molecule has 0 heterocycles. The molecule has 1 aromatic carbocycles. The van der Waals surface area contributed by atoms with Crippen molar-refractivity contribution in [3.8, 4) is 5.75 Å². The molecule has 20 heavy (non-hydrogen) atoms. The summed E-state index contributed by atoms with van der Waals surface area (Å²) in [6, 6.07) is 6.59. The highest BCUT2D eigenvalue weighted by molar-refractivity contribution is 14.0. The van der Waals surface area contributed by atoms with Gasteiger partial charge in [-0.2, -0.15) is 0 Å². The summed E-state index contributed by atoms with van der Waals surface area (Å²) >= 11 is 0. The number of guanidine groups is 1. The fraction of sp³-hybridized carbons (Fsp3) is 0.533. The van der Waals surface area contributed by atoms with Crippen LogP contribution in [0.4, 0.5) is 0 Å². The normalized spacial score (nSPS) is 12.5. The summed E-state index contributed by atoms with van der Waals surface area (Å²) in [7, 11) is 1.69. The first-order valence-electron chi connectivity index (χ1n) is 6.76. The number of aryl methyl sites for hydroxylation is 1. The van der Waals surface area contributed by atoms with Crippen LogP contribution >= 0.6 is 24.0 Å². The molecule has 0 aromatic heterocycles. The van der Waals surface area contributed by atoms with Crippen LogP contribution in [0, 0.1) is 6.92 Å². The molecule has 5 heteroatoms. The van der Waals surface area contributed by atoms with Crippen LogP contribution in [0.25, 0.3) is 0 Å². The van der Waals surface area contributed by atoms with Crippen LogP contribution < -0.4 is 15.8 Å². The second-order valence-electron chi connectivity index (χ2n) is 4.77. The third kappa shape index (κ3) is 6.45. The monoisotopic (exact) mass is 391 g/mol. The number of nitrogens with two attached hydrogens (primary N) is 1. The molecular formula is C15H26IN3O. The van der Waals surface area contributed by atoms with E-state index in [0.717, 1.165) is 24.2 Å². The van der Waals surface area contributed by atoms with Crippen molar-refractivity contribution in [2.45, 2.75) is 39.7 Å². The third-order valence-electron chi connectivity index (χ3n) is 3.16. The van der Waals surface area contributed by atoms with E-state index in [0.29, 0.717) is 18.5 Å². The minimum Gasteiger partial charge on any atom is -0.496 e. The Bertz CT molecular complexity index is 435. The summed E-state index contributed by atoms with van der Waals surface area (Å²) in [5, 5.41) is 3.15. The fourth-order valence-electron chi connectivity index (χ4n) is 1.73. The van der Waals surface area contributed by atoms with Crippen LogP contribution in [-0.2, 0) is 6.42 Å². The van der Waals surface area contributed by atoms with Crippen LogP contribution in [0.15, 0.2) is 23.2 Å². The Morgan fingerprint density at radius 2 is 2.15 bits per heavy atom. The third-order valence-corrected chi connectivity index (χ3v) is 3.16. The maximum atomic E-state index is 5.81. The average Bonchev–Trinajstić information content (AvgIpc) is 2.40. The maximum Gasteiger partial charge on any atom is 0.188 e. The standard InChI is InChI=1S/C15H25N3O.HI/c1-5-12(3)18-15(16)17-9-8-13-7-6-11(2)14(10-13)19-4;/h6-7,10,12H,5,8-9H2,1-4H3,(H3,16,17,18);1H. The second kappa shape index (κ2) is 9.85. The molecule has 0 aliphatic carbocycles. The van der Waals surface area contributed by atoms with Gasteiger partial charge in [-0.1, -0.05) is 19.1 Å². The number of methoxy groups -OCH3 is 1. The first kappa shape index (κ1) is 19.0. The minimum absolute atomic E-state index is 0. The van der Waals surface area contributed by atoms with Gasteiger partial charge in [0.15, 0.2) is 5.96 Å². The molecule has 1 atom stereocenters. The molecular weight excluding hydrogens is 365 g/mol. The second-order valence-corrected chi connectivity index (χ2v) is 4.77. The first-order valence-corrected chi connectivity index (χ1v) is 6.76. The fourth-order valence-corrected chi connectivity index (χ4v) is 1.73. The lowest BCUT2D eigenvalue weighted by molar-refractivity contribution is 0.411. The van der Waals surface area contributed by atoms with E-state index in [2.05, 4.69) is 42.4 Å². The number of hydrogen-bond acceptors (Lipinski definition) is 2. The molecule has 1 rings (SSSR count). The predicted molar refractivity (Wildman–Crippen MR) is 96.2 cm³/mol. The van der Waals surface area contributed by atoms with Gasteiger partial charge in [-0.15, -0.1) is 24.0 Å². The highest BCUT2D eigenvalue weighted by atomic mass is 127. The SMILES string of the molecule is CCC(C)NC(N)=NCCc1ccc(C)c(OC)c1.I. The Morgan fingerprint density at radius 3 is 2.75 bits per heavy atom. The highest BCUT2D eigenvalue weighted by Crippen LogP contribution is 2.19. The summed E-state index contributed by atoms with van der Waals surface area (Å²) < 4.78 is 5.31. The van der Waals surface area contributed by atoms with Crippen molar-refractivity contribution in [2.24, 2.45) is 10.7 Å². The summed E-state index contributed by atoms with van der Waals surface area (Å²) in [4.78, 5) is 4.33. The van der Waals surface area contributed by atoms with Gasteiger partial charge >= 0.3 is 0 Å². The topological polar surface area (TPSA) is 59.6 Å². The van der Waals surface area contributed by atoms with Gasteiger partial charge in [-0.05, 0) is 43.9 Å². The molecule has 0 amide bonds. The number of ether oxygens (including phenoxy) is 1. The van der Waals surface area contributed by atoms with Crippen LogP contribution in [-0.4, -0.2) is 25.7 Å². The number of benzene rings is 1. The van der Waals surface area contributed by atoms with E-state index in [-0.39, 0.29) is 24.0 Å². The van der Waals surface area contributed by atoms with Crippen molar-refractivity contribution in [1.29, 1.82) is 0 Å². The maximum absolute atomic E-state index is 5.81. The Balaban J connectivity index is 0.00000361. The van der Waals surface area contributed by atoms with E-state index >= 15 is 0 Å². The van der Waals surface area contributed by atoms with E-state index in [9.17, 15) is 0 Å². The quantitative estimate of drug-likeness (QED) is 0.446. The van der Waals surface area contributed by atoms with Crippen molar-refractivity contribution < 1.29 is 4.74 Å². The molecule has 0 radical (unpaired) electrons. The van der Waals surface area contributed by atoms with Gasteiger partial charge in [0.2, 0.25) is 0 Å². The van der Waals surface area contributed by atoms with Crippen LogP contribution in [0.2, 0.25) is 0 Å². The lowest BCUT2D eigenvalue weighted by Gasteiger charge is -2.11. The molecule has 0 saturated carbocycles. The van der Waals surface area contributed by atoms with Crippen LogP contribution in [0.1, 0.15) is 31.4 Å². The molecule has 0 saturated heterocycles. The lowest BCUT2D eigenvalue weighted by atomic mass is 10.1. The van der Waals surface area contributed by atoms with Gasteiger partial charge in [0, 0.05) is 12.6 Å². The van der Waals surface area contributed by atoms with Gasteiger partial charge in [0.05, 0.1) is 7.11 Å². The van der Waals surface area contributed by atoms with Crippen molar-refractivity contribution in [1.82, 2.24) is 5.32 Å². The number of rotatable bonds is 6. The number of aliphatic imine (C=N–C) groups is 1. The first-order chi connectivity index (χ1) is 9.06. The molecule has 114 valence electrons. The summed E-state index contributed by atoms with van der Waals surface area (Å²) in [5.74, 6) is 1.45. The Morgan fingerprint density at radius 1 is 1.45 bits per heavy atom. The van der Waals surface area contributed by atoms with E-state index < -0.39 is 0 Å². The van der Waals surface area contributed by atoms with Gasteiger partial charge in [-0.25, -0.2) is 0 Å². The zero-order valence-corrected chi connectivity index (χ0v) is 15.1. The molecule has 0 bridgehead atoms. The predicted octanol–water partition coefficient (Wildman–Crippen LogP) is 2.87. The highest BCUT2D eigenvalue weighted by Gasteiger charge is 2.01. The van der Waals surface area contributed by atoms with Gasteiger partial charge in [-0.3, -0.25) is 4.99 Å². The smallest absolute Gasteiger partial charge is 0.188 e. The summed E-state index contributed by atoms with van der Waals surface area (Å²) in [5.41, 5.74) is 8.17. The molecule has 0 aliphatic heterocycles. The number of halogens is 1. The molecule has 1 unspecified atom stereocenters. The molecule has 0 fully saturated rings.